The van der Waals surface area contributed by atoms with E-state index in [1.165, 1.54) is 24.4 Å². The largest absolute Gasteiger partial charge is 0.355 e. The first-order valence-electron chi connectivity index (χ1n) is 4.78. The second-order valence-corrected chi connectivity index (χ2v) is 3.30. The molecular weight excluding hydrogens is 225 g/mol. The molecule has 1 heterocycles. The first-order valence-corrected chi connectivity index (χ1v) is 4.78. The van der Waals surface area contributed by atoms with Crippen LogP contribution in [0.1, 0.15) is 0 Å². The lowest BCUT2D eigenvalue weighted by Crippen LogP contribution is -1.94. The van der Waals surface area contributed by atoms with Gasteiger partial charge in [-0.2, -0.15) is 4.39 Å². The van der Waals surface area contributed by atoms with Crippen LogP contribution in [0.2, 0.25) is 0 Å². The monoisotopic (exact) mass is 233 g/mol. The highest BCUT2D eigenvalue weighted by molar-refractivity contribution is 5.61. The molecule has 0 aliphatic carbocycles. The van der Waals surface area contributed by atoms with Crippen molar-refractivity contribution in [3.05, 3.63) is 58.7 Å². The average molecular weight is 233 g/mol. The van der Waals surface area contributed by atoms with Crippen LogP contribution in [0.3, 0.4) is 0 Å². The molecule has 0 bridgehead atoms. The molecule has 1 aromatic heterocycles. The lowest BCUT2D eigenvalue weighted by atomic mass is 10.2. The molecule has 0 spiro atoms. The SMILES string of the molecule is O=[N+]([O-])c1cccc(Nc2ccnc(F)c2)c1. The molecule has 0 atom stereocenters. The van der Waals surface area contributed by atoms with Crippen molar-refractivity contribution in [1.29, 1.82) is 0 Å². The smallest absolute Gasteiger partial charge is 0.271 e. The van der Waals surface area contributed by atoms with E-state index in [0.29, 0.717) is 11.4 Å². The predicted molar refractivity (Wildman–Crippen MR) is 60.6 cm³/mol. The van der Waals surface area contributed by atoms with Crippen LogP contribution >= 0.6 is 0 Å². The summed E-state index contributed by atoms with van der Waals surface area (Å²) in [6.07, 6.45) is 1.31. The van der Waals surface area contributed by atoms with Crippen molar-refractivity contribution in [2.45, 2.75) is 0 Å². The number of nitrogens with zero attached hydrogens (tertiary/aromatic N) is 2. The van der Waals surface area contributed by atoms with Crippen molar-refractivity contribution < 1.29 is 9.31 Å². The Bertz CT molecular complexity index is 560. The van der Waals surface area contributed by atoms with Gasteiger partial charge in [0.05, 0.1) is 4.92 Å². The number of hydrogen-bond acceptors (Lipinski definition) is 4. The number of rotatable bonds is 3. The third-order valence-corrected chi connectivity index (χ3v) is 2.07. The Labute approximate surface area is 96.1 Å². The molecule has 0 fully saturated rings. The van der Waals surface area contributed by atoms with E-state index in [4.69, 9.17) is 0 Å². The zero-order valence-corrected chi connectivity index (χ0v) is 8.63. The minimum atomic E-state index is -0.611. The molecule has 2 rings (SSSR count). The molecule has 0 saturated carbocycles. The summed E-state index contributed by atoms with van der Waals surface area (Å²) < 4.78 is 12.8. The molecule has 5 nitrogen and oxygen atoms in total. The second kappa shape index (κ2) is 4.56. The van der Waals surface area contributed by atoms with Crippen LogP contribution in [0.4, 0.5) is 21.5 Å². The van der Waals surface area contributed by atoms with E-state index < -0.39 is 10.9 Å². The molecule has 0 amide bonds. The minimum Gasteiger partial charge on any atom is -0.355 e. The summed E-state index contributed by atoms with van der Waals surface area (Å²) in [5.41, 5.74) is 0.979. The zero-order chi connectivity index (χ0) is 12.3. The van der Waals surface area contributed by atoms with E-state index in [-0.39, 0.29) is 5.69 Å². The number of non-ortho nitro benzene ring substituents is 1. The van der Waals surface area contributed by atoms with E-state index in [9.17, 15) is 14.5 Å². The average Bonchev–Trinajstić information content (AvgIpc) is 2.29. The molecule has 0 aliphatic heterocycles. The van der Waals surface area contributed by atoms with Gasteiger partial charge in [0.1, 0.15) is 0 Å². The van der Waals surface area contributed by atoms with Crippen LogP contribution in [0.25, 0.3) is 0 Å². The Morgan fingerprint density at radius 3 is 2.71 bits per heavy atom. The van der Waals surface area contributed by atoms with Crippen LogP contribution in [-0.2, 0) is 0 Å². The quantitative estimate of drug-likeness (QED) is 0.502. The lowest BCUT2D eigenvalue weighted by Gasteiger charge is -2.05. The van der Waals surface area contributed by atoms with Gasteiger partial charge in [0.15, 0.2) is 0 Å². The first-order chi connectivity index (χ1) is 8.15. The van der Waals surface area contributed by atoms with Crippen LogP contribution < -0.4 is 5.32 Å². The third kappa shape index (κ3) is 2.75. The van der Waals surface area contributed by atoms with Crippen molar-refractivity contribution in [2.75, 3.05) is 5.32 Å². The van der Waals surface area contributed by atoms with E-state index in [1.54, 1.807) is 18.2 Å². The second-order valence-electron chi connectivity index (χ2n) is 3.30. The van der Waals surface area contributed by atoms with Gasteiger partial charge < -0.3 is 5.32 Å². The lowest BCUT2D eigenvalue weighted by molar-refractivity contribution is -0.384. The number of anilines is 2. The molecule has 0 aliphatic rings. The van der Waals surface area contributed by atoms with Gasteiger partial charge in [0.25, 0.3) is 5.69 Å². The highest BCUT2D eigenvalue weighted by Gasteiger charge is 2.05. The summed E-state index contributed by atoms with van der Waals surface area (Å²) in [7, 11) is 0. The number of nitro groups is 1. The normalized spacial score (nSPS) is 9.94. The number of halogens is 1. The van der Waals surface area contributed by atoms with Crippen LogP contribution in [0.5, 0.6) is 0 Å². The van der Waals surface area contributed by atoms with Gasteiger partial charge in [-0.25, -0.2) is 4.98 Å². The standard InChI is InChI=1S/C11H8FN3O2/c12-11-7-9(4-5-13-11)14-8-2-1-3-10(6-8)15(16)17/h1-7H,(H,13,14). The Morgan fingerprint density at radius 2 is 2.00 bits per heavy atom. The molecule has 6 heteroatoms. The van der Waals surface area contributed by atoms with Gasteiger partial charge in [-0.1, -0.05) is 6.07 Å². The molecule has 86 valence electrons. The predicted octanol–water partition coefficient (Wildman–Crippen LogP) is 2.87. The molecule has 1 aromatic carbocycles. The Hall–Kier alpha value is -2.50. The van der Waals surface area contributed by atoms with Crippen LogP contribution in [0, 0.1) is 16.1 Å². The van der Waals surface area contributed by atoms with Crippen molar-refractivity contribution >= 4 is 17.1 Å². The summed E-state index contributed by atoms with van der Waals surface area (Å²) in [6, 6.07) is 8.75. The summed E-state index contributed by atoms with van der Waals surface area (Å²) in [6.45, 7) is 0. The van der Waals surface area contributed by atoms with E-state index in [1.807, 2.05) is 0 Å². The molecule has 2 aromatic rings. The van der Waals surface area contributed by atoms with E-state index >= 15 is 0 Å². The maximum Gasteiger partial charge on any atom is 0.271 e. The fourth-order valence-electron chi connectivity index (χ4n) is 1.34. The molecule has 17 heavy (non-hydrogen) atoms. The van der Waals surface area contributed by atoms with Crippen LogP contribution in [0.15, 0.2) is 42.6 Å². The summed E-state index contributed by atoms with van der Waals surface area (Å²) >= 11 is 0. The Morgan fingerprint density at radius 1 is 1.24 bits per heavy atom. The number of nitrogens with one attached hydrogen (secondary N) is 1. The molecule has 0 radical (unpaired) electrons. The number of benzene rings is 1. The summed E-state index contributed by atoms with van der Waals surface area (Å²) in [5, 5.41) is 13.4. The van der Waals surface area contributed by atoms with Crippen molar-refractivity contribution in [1.82, 2.24) is 4.98 Å². The highest BCUT2D eigenvalue weighted by Crippen LogP contribution is 2.21. The third-order valence-electron chi connectivity index (χ3n) is 2.07. The summed E-state index contributed by atoms with van der Waals surface area (Å²) in [4.78, 5) is 13.5. The van der Waals surface area contributed by atoms with Gasteiger partial charge in [-0.3, -0.25) is 10.1 Å². The van der Waals surface area contributed by atoms with E-state index in [0.717, 1.165) is 0 Å². The fourth-order valence-corrected chi connectivity index (χ4v) is 1.34. The molecule has 0 saturated heterocycles. The van der Waals surface area contributed by atoms with Crippen molar-refractivity contribution in [2.24, 2.45) is 0 Å². The van der Waals surface area contributed by atoms with Gasteiger partial charge in [-0.15, -0.1) is 0 Å². The number of aromatic nitrogens is 1. The molecule has 1 N–H and O–H groups in total. The Kier molecular flexibility index (Phi) is 2.95. The van der Waals surface area contributed by atoms with Gasteiger partial charge in [0, 0.05) is 35.8 Å². The van der Waals surface area contributed by atoms with E-state index in [2.05, 4.69) is 10.3 Å². The van der Waals surface area contributed by atoms with Gasteiger partial charge in [0.2, 0.25) is 5.95 Å². The molecular formula is C11H8FN3O2. The minimum absolute atomic E-state index is 0.0236. The maximum atomic E-state index is 12.8. The van der Waals surface area contributed by atoms with Gasteiger partial charge in [-0.05, 0) is 12.1 Å². The van der Waals surface area contributed by atoms with Gasteiger partial charge >= 0.3 is 0 Å². The maximum absolute atomic E-state index is 12.8. The number of pyridine rings is 1. The fraction of sp³-hybridized carbons (Fsp3) is 0. The number of hydrogen-bond donors (Lipinski definition) is 1. The van der Waals surface area contributed by atoms with Crippen LogP contribution in [-0.4, -0.2) is 9.91 Å². The summed E-state index contributed by atoms with van der Waals surface area (Å²) in [5.74, 6) is -0.611. The molecule has 0 unspecified atom stereocenters. The van der Waals surface area contributed by atoms with Crippen molar-refractivity contribution in [3.8, 4) is 0 Å². The highest BCUT2D eigenvalue weighted by atomic mass is 19.1. The first kappa shape index (κ1) is 11.0. The van der Waals surface area contributed by atoms with Crippen molar-refractivity contribution in [3.63, 3.8) is 0 Å². The zero-order valence-electron chi connectivity index (χ0n) is 8.63. The Balaban J connectivity index is 2.24. The number of nitro benzene ring substituents is 1. The topological polar surface area (TPSA) is 68.1 Å².